The predicted octanol–water partition coefficient (Wildman–Crippen LogP) is 7.65. The molecule has 0 saturated carbocycles. The van der Waals surface area contributed by atoms with E-state index in [2.05, 4.69) is 45.9 Å². The zero-order valence-corrected chi connectivity index (χ0v) is 43.7. The molecule has 7 rings (SSSR count). The molecule has 4 amide bonds. The van der Waals surface area contributed by atoms with Crippen LogP contribution in [-0.2, 0) is 32.0 Å². The molecule has 3 aromatic rings. The number of amides is 4. The maximum Gasteiger partial charge on any atom is 0.257 e. The lowest BCUT2D eigenvalue weighted by Crippen LogP contribution is -2.51. The number of benzene rings is 3. The van der Waals surface area contributed by atoms with Crippen molar-refractivity contribution in [1.82, 2.24) is 9.80 Å². The Bertz CT molecular complexity index is 2520. The molecule has 3 aromatic carbocycles. The summed E-state index contributed by atoms with van der Waals surface area (Å²) in [5.74, 6) is -0.0154. The van der Waals surface area contributed by atoms with Gasteiger partial charge in [0.1, 0.15) is 38.8 Å². The fraction of sp³-hybridized carbons (Fsp3) is 0.462. The molecular weight excluding hydrogens is 911 g/mol. The van der Waals surface area contributed by atoms with Gasteiger partial charge in [0.25, 0.3) is 23.6 Å². The van der Waals surface area contributed by atoms with Gasteiger partial charge in [-0.1, -0.05) is 88.4 Å². The van der Waals surface area contributed by atoms with Crippen LogP contribution in [0.25, 0.3) is 0 Å². The quantitative estimate of drug-likeness (QED) is 0.0875. The van der Waals surface area contributed by atoms with Crippen molar-refractivity contribution < 1.29 is 47.6 Å². The van der Waals surface area contributed by atoms with Crippen molar-refractivity contribution >= 4 is 51.2 Å². The lowest BCUT2D eigenvalue weighted by molar-refractivity contribution is -0.125. The molecule has 370 valence electrons. The number of carbonyl (C=O) groups excluding carboxylic acids is 4. The van der Waals surface area contributed by atoms with Crippen molar-refractivity contribution in [3.8, 4) is 23.0 Å². The van der Waals surface area contributed by atoms with Crippen molar-refractivity contribution in [2.45, 2.75) is 95.8 Å². The highest BCUT2D eigenvalue weighted by Crippen LogP contribution is 2.43. The molecule has 4 aliphatic heterocycles. The van der Waals surface area contributed by atoms with Crippen LogP contribution in [0, 0.1) is 0 Å². The molecule has 2 N–H and O–H groups in total. The number of ether oxygens (including phenoxy) is 6. The zero-order valence-electron chi connectivity index (χ0n) is 41.7. The smallest absolute Gasteiger partial charge is 0.257 e. The number of nitrogens with zero attached hydrogens (tertiary/aromatic N) is 4. The van der Waals surface area contributed by atoms with Crippen molar-refractivity contribution in [1.29, 1.82) is 0 Å². The number of fused-ring (bicyclic) bond motifs is 5. The van der Waals surface area contributed by atoms with Gasteiger partial charge in [0.2, 0.25) is 0 Å². The summed E-state index contributed by atoms with van der Waals surface area (Å²) < 4.78 is 36.6. The van der Waals surface area contributed by atoms with Crippen LogP contribution in [-0.4, -0.2) is 128 Å². The molecule has 1 unspecified atom stereocenters. The average molecular weight is 980 g/mol. The summed E-state index contributed by atoms with van der Waals surface area (Å²) in [7, 11) is 0.0883. The standard InChI is InChI=1S/C52H69N5O10Si2/c1-11-15-36-28-54-43(22-34(36)12-2)51(60)56(32-64-18-20-68(5,6)7)41-26-47(45(62-3)24-39(41)49(54)58)66-30-38(53)31-67-48-27-42-40(25-46(48)63-4)50(59)55-29-37-17-14-13-16-35(37)23-44(55)52(61)57(42)33-65-19-21-69(8,9)10/h11-17,24-27,38,43-44H,2,18-23,28-33,53H2,1,3-10H3/b15-11-/t38?,43-,44-/m0/s1. The highest BCUT2D eigenvalue weighted by atomic mass is 28.3. The third kappa shape index (κ3) is 11.5. The van der Waals surface area contributed by atoms with Gasteiger partial charge in [-0.25, -0.2) is 0 Å². The summed E-state index contributed by atoms with van der Waals surface area (Å²) >= 11 is 0. The SMILES string of the molecule is C=CC1=C(/C=C\C)CN2C(=O)c3cc(OC)c(OCC(N)COc4cc5c(cc4OC)C(=O)N4Cc6ccccc6C[C@H]4C(=O)N5COCC[Si](C)(C)C)cc3N(COCC[Si](C)(C)C)C(=O)[C@@H]2C1. The Morgan fingerprint density at radius 1 is 0.681 bits per heavy atom. The third-order valence-electron chi connectivity index (χ3n) is 13.0. The monoisotopic (exact) mass is 979 g/mol. The van der Waals surface area contributed by atoms with E-state index in [1.165, 1.54) is 19.1 Å². The van der Waals surface area contributed by atoms with E-state index in [1.54, 1.807) is 45.0 Å². The molecule has 15 nitrogen and oxygen atoms in total. The van der Waals surface area contributed by atoms with Crippen molar-refractivity contribution in [2.24, 2.45) is 5.73 Å². The average Bonchev–Trinajstić information content (AvgIpc) is 3.45. The Hall–Kier alpha value is -5.73. The molecule has 3 atom stereocenters. The van der Waals surface area contributed by atoms with Gasteiger partial charge in [0, 0.05) is 67.4 Å². The van der Waals surface area contributed by atoms with E-state index >= 15 is 0 Å². The number of allylic oxidation sites excluding steroid dienone is 2. The van der Waals surface area contributed by atoms with Gasteiger partial charge >= 0.3 is 0 Å². The summed E-state index contributed by atoms with van der Waals surface area (Å²) in [4.78, 5) is 64.5. The van der Waals surface area contributed by atoms with Crippen LogP contribution in [0.15, 0.2) is 84.5 Å². The fourth-order valence-corrected chi connectivity index (χ4v) is 10.4. The minimum atomic E-state index is -1.45. The first-order valence-corrected chi connectivity index (χ1v) is 31.2. The molecule has 4 heterocycles. The molecule has 0 fully saturated rings. The number of carbonyl (C=O) groups is 4. The molecule has 69 heavy (non-hydrogen) atoms. The second kappa shape index (κ2) is 21.5. The Morgan fingerprint density at radius 3 is 1.62 bits per heavy atom. The highest BCUT2D eigenvalue weighted by molar-refractivity contribution is 6.76. The molecule has 17 heteroatoms. The molecule has 0 aliphatic carbocycles. The summed E-state index contributed by atoms with van der Waals surface area (Å²) in [6.45, 7) is 20.8. The molecule has 0 radical (unpaired) electrons. The van der Waals surface area contributed by atoms with E-state index in [9.17, 15) is 19.2 Å². The molecule has 0 spiro atoms. The van der Waals surface area contributed by atoms with E-state index < -0.39 is 34.3 Å². The highest BCUT2D eigenvalue weighted by Gasteiger charge is 2.45. The van der Waals surface area contributed by atoms with Gasteiger partial charge in [0.15, 0.2) is 23.0 Å². The van der Waals surface area contributed by atoms with Crippen LogP contribution in [0.2, 0.25) is 51.4 Å². The fourth-order valence-electron chi connectivity index (χ4n) is 8.93. The van der Waals surface area contributed by atoms with E-state index in [0.29, 0.717) is 49.5 Å². The summed E-state index contributed by atoms with van der Waals surface area (Å²) in [6, 6.07) is 14.0. The minimum Gasteiger partial charge on any atom is -0.493 e. The van der Waals surface area contributed by atoms with Crippen LogP contribution < -0.4 is 34.5 Å². The van der Waals surface area contributed by atoms with Crippen molar-refractivity contribution in [3.63, 3.8) is 0 Å². The van der Waals surface area contributed by atoms with E-state index in [4.69, 9.17) is 34.2 Å². The van der Waals surface area contributed by atoms with Crippen LogP contribution in [0.3, 0.4) is 0 Å². The Kier molecular flexibility index (Phi) is 15.9. The van der Waals surface area contributed by atoms with Gasteiger partial charge in [-0.2, -0.15) is 0 Å². The van der Waals surface area contributed by atoms with Crippen molar-refractivity contribution in [3.05, 3.63) is 107 Å². The largest absolute Gasteiger partial charge is 0.493 e. The van der Waals surface area contributed by atoms with Crippen LogP contribution in [0.5, 0.6) is 23.0 Å². The molecule has 4 aliphatic rings. The summed E-state index contributed by atoms with van der Waals surface area (Å²) in [6.07, 6.45) is 6.31. The van der Waals surface area contributed by atoms with Gasteiger partial charge in [0.05, 0.1) is 42.8 Å². The lowest BCUT2D eigenvalue weighted by atomic mass is 9.92. The first-order valence-electron chi connectivity index (χ1n) is 23.8. The van der Waals surface area contributed by atoms with E-state index in [0.717, 1.165) is 34.4 Å². The van der Waals surface area contributed by atoms with Crippen LogP contribution in [0.1, 0.15) is 45.2 Å². The second-order valence-corrected chi connectivity index (χ2v) is 31.7. The van der Waals surface area contributed by atoms with Gasteiger partial charge in [-0.3, -0.25) is 29.0 Å². The first-order chi connectivity index (χ1) is 32.9. The van der Waals surface area contributed by atoms with Crippen LogP contribution >= 0.6 is 0 Å². The predicted molar refractivity (Wildman–Crippen MR) is 273 cm³/mol. The Morgan fingerprint density at radius 2 is 1.16 bits per heavy atom. The number of hydrogen-bond acceptors (Lipinski definition) is 11. The third-order valence-corrected chi connectivity index (χ3v) is 16.4. The summed E-state index contributed by atoms with van der Waals surface area (Å²) in [5, 5.41) is 0. The lowest BCUT2D eigenvalue weighted by Gasteiger charge is -2.36. The first kappa shape index (κ1) is 51.1. The number of hydrogen-bond donors (Lipinski definition) is 1. The zero-order chi connectivity index (χ0) is 49.8. The Balaban J connectivity index is 1.13. The minimum absolute atomic E-state index is 0.0425. The number of rotatable bonds is 20. The van der Waals surface area contributed by atoms with E-state index in [1.807, 2.05) is 43.3 Å². The number of anilines is 2. The normalized spacial score (nSPS) is 18.8. The molecule has 0 bridgehead atoms. The van der Waals surface area contributed by atoms with Gasteiger partial charge < -0.3 is 44.0 Å². The Labute approximate surface area is 408 Å². The maximum absolute atomic E-state index is 14.6. The van der Waals surface area contributed by atoms with Gasteiger partial charge in [-0.15, -0.1) is 0 Å². The summed E-state index contributed by atoms with van der Waals surface area (Å²) in [5.41, 5.74) is 11.8. The number of nitrogens with two attached hydrogens (primary N) is 1. The molecule has 0 aromatic heterocycles. The molecular formula is C52H69N5O10Si2. The molecule has 0 saturated heterocycles. The van der Waals surface area contributed by atoms with Crippen molar-refractivity contribution in [2.75, 3.05) is 70.5 Å². The van der Waals surface area contributed by atoms with Gasteiger partial charge in [-0.05, 0) is 53.4 Å². The van der Waals surface area contributed by atoms with E-state index in [-0.39, 0.29) is 85.4 Å². The topological polar surface area (TPSA) is 163 Å². The van der Waals surface area contributed by atoms with Crippen LogP contribution in [0.4, 0.5) is 11.4 Å². The number of methoxy groups -OCH3 is 2. The second-order valence-electron chi connectivity index (χ2n) is 20.5. The maximum atomic E-state index is 14.6.